The maximum absolute atomic E-state index is 14.0. The van der Waals surface area contributed by atoms with Gasteiger partial charge in [-0.05, 0) is 39.0 Å². The number of hydrogen-bond donors (Lipinski definition) is 1. The number of nitrogens with one attached hydrogen (secondary N) is 1. The summed E-state index contributed by atoms with van der Waals surface area (Å²) in [6.45, 7) is 5.95. The molecule has 1 aromatic carbocycles. The molecule has 0 spiro atoms. The molecule has 0 aliphatic carbocycles. The lowest BCUT2D eigenvalue weighted by atomic mass is 10.0. The highest BCUT2D eigenvalue weighted by atomic mass is 19.1. The van der Waals surface area contributed by atoms with E-state index in [0.717, 1.165) is 40.3 Å². The van der Waals surface area contributed by atoms with E-state index in [-0.39, 0.29) is 18.0 Å². The summed E-state index contributed by atoms with van der Waals surface area (Å²) in [4.78, 5) is 4.59. The Bertz CT molecular complexity index is 921. The summed E-state index contributed by atoms with van der Waals surface area (Å²) in [6, 6.07) is 4.84. The lowest BCUT2D eigenvalue weighted by Gasteiger charge is -2.18. The molecule has 1 N–H and O–H groups in total. The van der Waals surface area contributed by atoms with E-state index in [0.29, 0.717) is 0 Å². The predicted molar refractivity (Wildman–Crippen MR) is 90.0 cm³/mol. The number of halogens is 1. The van der Waals surface area contributed by atoms with Crippen molar-refractivity contribution in [3.63, 3.8) is 0 Å². The number of anilines is 1. The van der Waals surface area contributed by atoms with E-state index in [4.69, 9.17) is 4.74 Å². The molecule has 0 bridgehead atoms. The van der Waals surface area contributed by atoms with Gasteiger partial charge in [0.15, 0.2) is 5.65 Å². The van der Waals surface area contributed by atoms with Crippen LogP contribution in [-0.2, 0) is 6.42 Å². The standard InChI is InChI=1S/C18H19FN4O/c1-10-9-20-23-5-4-16(22-18(10)23)21-12(3)15-8-14(19)7-13-6-11(2)24-17(13)15/h4-5,7-9,11-12H,6H2,1-3H3,(H,21,22). The van der Waals surface area contributed by atoms with Crippen LogP contribution in [0.1, 0.15) is 36.6 Å². The van der Waals surface area contributed by atoms with Crippen LogP contribution in [0.4, 0.5) is 10.2 Å². The van der Waals surface area contributed by atoms with Crippen LogP contribution in [-0.4, -0.2) is 20.7 Å². The lowest BCUT2D eigenvalue weighted by Crippen LogP contribution is -2.11. The van der Waals surface area contributed by atoms with Gasteiger partial charge in [0, 0.05) is 29.3 Å². The molecule has 2 unspecified atom stereocenters. The van der Waals surface area contributed by atoms with Crippen molar-refractivity contribution in [3.05, 3.63) is 53.1 Å². The first-order chi connectivity index (χ1) is 11.5. The minimum Gasteiger partial charge on any atom is -0.490 e. The van der Waals surface area contributed by atoms with E-state index in [9.17, 15) is 4.39 Å². The number of aromatic nitrogens is 3. The second kappa shape index (κ2) is 5.47. The molecule has 1 aliphatic heterocycles. The molecule has 0 saturated carbocycles. The van der Waals surface area contributed by atoms with Gasteiger partial charge in [-0.2, -0.15) is 5.10 Å². The fraction of sp³-hybridized carbons (Fsp3) is 0.333. The van der Waals surface area contributed by atoms with E-state index >= 15 is 0 Å². The maximum atomic E-state index is 14.0. The zero-order valence-electron chi connectivity index (χ0n) is 13.9. The molecule has 3 aromatic rings. The van der Waals surface area contributed by atoms with Gasteiger partial charge in [-0.1, -0.05) is 0 Å². The normalized spacial score (nSPS) is 17.6. The number of nitrogens with zero attached hydrogens (tertiary/aromatic N) is 3. The van der Waals surface area contributed by atoms with Gasteiger partial charge < -0.3 is 10.1 Å². The molecule has 2 aromatic heterocycles. The third-order valence-corrected chi connectivity index (χ3v) is 4.36. The third-order valence-electron chi connectivity index (χ3n) is 4.36. The highest BCUT2D eigenvalue weighted by molar-refractivity contribution is 5.53. The van der Waals surface area contributed by atoms with Crippen molar-refractivity contribution < 1.29 is 9.13 Å². The largest absolute Gasteiger partial charge is 0.490 e. The molecule has 6 heteroatoms. The van der Waals surface area contributed by atoms with Crippen molar-refractivity contribution >= 4 is 11.5 Å². The van der Waals surface area contributed by atoms with Crippen molar-refractivity contribution in [1.29, 1.82) is 0 Å². The van der Waals surface area contributed by atoms with Gasteiger partial charge >= 0.3 is 0 Å². The number of aryl methyl sites for hydroxylation is 1. The Morgan fingerprint density at radius 3 is 3.08 bits per heavy atom. The van der Waals surface area contributed by atoms with Gasteiger partial charge in [0.2, 0.25) is 0 Å². The third kappa shape index (κ3) is 2.48. The summed E-state index contributed by atoms with van der Waals surface area (Å²) in [5.41, 5.74) is 3.57. The summed E-state index contributed by atoms with van der Waals surface area (Å²) in [7, 11) is 0. The van der Waals surface area contributed by atoms with E-state index in [1.54, 1.807) is 16.8 Å². The zero-order chi connectivity index (χ0) is 16.8. The zero-order valence-corrected chi connectivity index (χ0v) is 13.9. The van der Waals surface area contributed by atoms with Gasteiger partial charge in [-0.3, -0.25) is 0 Å². The number of fused-ring (bicyclic) bond motifs is 2. The van der Waals surface area contributed by atoms with Crippen molar-refractivity contribution in [2.75, 3.05) is 5.32 Å². The van der Waals surface area contributed by atoms with E-state index in [1.165, 1.54) is 6.07 Å². The van der Waals surface area contributed by atoms with Gasteiger partial charge in [-0.15, -0.1) is 0 Å². The SMILES string of the molecule is Cc1cnn2ccc(NC(C)c3cc(F)cc4c3OC(C)C4)nc12. The average molecular weight is 326 g/mol. The Balaban J connectivity index is 1.66. The first-order valence-electron chi connectivity index (χ1n) is 8.08. The van der Waals surface area contributed by atoms with Crippen molar-refractivity contribution in [2.24, 2.45) is 0 Å². The van der Waals surface area contributed by atoms with Crippen LogP contribution in [0.15, 0.2) is 30.6 Å². The summed E-state index contributed by atoms with van der Waals surface area (Å²) in [5.74, 6) is 1.29. The smallest absolute Gasteiger partial charge is 0.160 e. The number of benzene rings is 1. The van der Waals surface area contributed by atoms with Crippen LogP contribution >= 0.6 is 0 Å². The van der Waals surface area contributed by atoms with Gasteiger partial charge in [0.25, 0.3) is 0 Å². The highest BCUT2D eigenvalue weighted by Gasteiger charge is 2.25. The van der Waals surface area contributed by atoms with Crippen LogP contribution in [0, 0.1) is 12.7 Å². The Morgan fingerprint density at radius 1 is 1.42 bits per heavy atom. The van der Waals surface area contributed by atoms with Gasteiger partial charge in [0.1, 0.15) is 23.5 Å². The Kier molecular flexibility index (Phi) is 3.40. The molecule has 24 heavy (non-hydrogen) atoms. The highest BCUT2D eigenvalue weighted by Crippen LogP contribution is 2.37. The maximum Gasteiger partial charge on any atom is 0.160 e. The molecular formula is C18H19FN4O. The summed E-state index contributed by atoms with van der Waals surface area (Å²) >= 11 is 0. The number of ether oxygens (including phenoxy) is 1. The predicted octanol–water partition coefficient (Wildman–Crippen LogP) is 3.67. The van der Waals surface area contributed by atoms with Crippen LogP contribution < -0.4 is 10.1 Å². The monoisotopic (exact) mass is 326 g/mol. The lowest BCUT2D eigenvalue weighted by molar-refractivity contribution is 0.252. The van der Waals surface area contributed by atoms with Crippen molar-refractivity contribution in [1.82, 2.24) is 14.6 Å². The average Bonchev–Trinajstić information content (AvgIpc) is 3.09. The van der Waals surface area contributed by atoms with Gasteiger partial charge in [0.05, 0.1) is 12.2 Å². The molecule has 124 valence electrons. The Morgan fingerprint density at radius 2 is 2.25 bits per heavy atom. The fourth-order valence-corrected chi connectivity index (χ4v) is 3.21. The summed E-state index contributed by atoms with van der Waals surface area (Å²) < 4.78 is 21.6. The van der Waals surface area contributed by atoms with E-state index in [2.05, 4.69) is 15.4 Å². The molecule has 5 nitrogen and oxygen atoms in total. The molecule has 2 atom stereocenters. The molecule has 0 radical (unpaired) electrons. The first-order valence-corrected chi connectivity index (χ1v) is 8.08. The Labute approximate surface area is 139 Å². The van der Waals surface area contributed by atoms with Crippen LogP contribution in [0.25, 0.3) is 5.65 Å². The molecule has 1 aliphatic rings. The topological polar surface area (TPSA) is 51.5 Å². The van der Waals surface area contributed by atoms with Crippen molar-refractivity contribution in [2.45, 2.75) is 39.3 Å². The fourth-order valence-electron chi connectivity index (χ4n) is 3.21. The van der Waals surface area contributed by atoms with Gasteiger partial charge in [-0.25, -0.2) is 13.9 Å². The second-order valence-electron chi connectivity index (χ2n) is 6.39. The molecular weight excluding hydrogens is 307 g/mol. The molecule has 3 heterocycles. The minimum atomic E-state index is -0.231. The molecule has 0 amide bonds. The first kappa shape index (κ1) is 14.9. The van der Waals surface area contributed by atoms with E-state index in [1.807, 2.05) is 33.0 Å². The van der Waals surface area contributed by atoms with E-state index < -0.39 is 0 Å². The summed E-state index contributed by atoms with van der Waals surface area (Å²) in [6.07, 6.45) is 4.46. The Hall–Kier alpha value is -2.63. The van der Waals surface area contributed by atoms with Crippen LogP contribution in [0.2, 0.25) is 0 Å². The van der Waals surface area contributed by atoms with Crippen LogP contribution in [0.5, 0.6) is 5.75 Å². The molecule has 4 rings (SSSR count). The van der Waals surface area contributed by atoms with Crippen molar-refractivity contribution in [3.8, 4) is 5.75 Å². The minimum absolute atomic E-state index is 0.0802. The molecule has 0 saturated heterocycles. The molecule has 0 fully saturated rings. The second-order valence-corrected chi connectivity index (χ2v) is 6.39. The number of rotatable bonds is 3. The quantitative estimate of drug-likeness (QED) is 0.798. The van der Waals surface area contributed by atoms with Crippen LogP contribution in [0.3, 0.4) is 0 Å². The summed E-state index contributed by atoms with van der Waals surface area (Å²) in [5, 5.41) is 7.56. The number of hydrogen-bond acceptors (Lipinski definition) is 4.